The molecule has 0 radical (unpaired) electrons. The summed E-state index contributed by atoms with van der Waals surface area (Å²) in [5.74, 6) is 3.43. The monoisotopic (exact) mass is 426 g/mol. The zero-order valence-electron chi connectivity index (χ0n) is 18.6. The van der Waals surface area contributed by atoms with Gasteiger partial charge in [-0.15, -0.1) is 0 Å². The van der Waals surface area contributed by atoms with Gasteiger partial charge >= 0.3 is 0 Å². The molecule has 6 nitrogen and oxygen atoms in total. The maximum atomic E-state index is 10.8. The molecule has 31 heavy (non-hydrogen) atoms. The van der Waals surface area contributed by atoms with Gasteiger partial charge in [0.1, 0.15) is 0 Å². The van der Waals surface area contributed by atoms with Crippen molar-refractivity contribution in [3.63, 3.8) is 0 Å². The van der Waals surface area contributed by atoms with E-state index in [1.807, 2.05) is 0 Å². The van der Waals surface area contributed by atoms with Crippen LogP contribution in [-0.2, 0) is 0 Å². The van der Waals surface area contributed by atoms with Crippen molar-refractivity contribution >= 4 is 11.4 Å². The molecular formula is C25H34N2O4. The van der Waals surface area contributed by atoms with Gasteiger partial charge < -0.3 is 9.94 Å². The van der Waals surface area contributed by atoms with Crippen molar-refractivity contribution < 1.29 is 14.9 Å². The first-order valence-electron chi connectivity index (χ1n) is 12.0. The number of fused-ring (bicyclic) bond motifs is 5. The van der Waals surface area contributed by atoms with Crippen LogP contribution in [0.15, 0.2) is 29.4 Å². The highest BCUT2D eigenvalue weighted by Crippen LogP contribution is 2.66. The molecule has 0 aliphatic heterocycles. The van der Waals surface area contributed by atoms with Gasteiger partial charge in [0.25, 0.3) is 5.69 Å². The van der Waals surface area contributed by atoms with E-state index < -0.39 is 4.92 Å². The lowest BCUT2D eigenvalue weighted by Crippen LogP contribution is -2.54. The molecule has 1 aromatic carbocycles. The summed E-state index contributed by atoms with van der Waals surface area (Å²) >= 11 is 0. The Balaban J connectivity index is 1.27. The summed E-state index contributed by atoms with van der Waals surface area (Å²) in [4.78, 5) is 16.0. The highest BCUT2D eigenvalue weighted by Gasteiger charge is 2.59. The van der Waals surface area contributed by atoms with Crippen LogP contribution in [0.2, 0.25) is 0 Å². The quantitative estimate of drug-likeness (QED) is 0.494. The van der Waals surface area contributed by atoms with Crippen molar-refractivity contribution in [1.29, 1.82) is 0 Å². The number of hydrogen-bond acceptors (Lipinski definition) is 5. The Morgan fingerprint density at radius 3 is 2.52 bits per heavy atom. The van der Waals surface area contributed by atoms with Crippen LogP contribution in [0.25, 0.3) is 0 Å². The fourth-order valence-corrected chi connectivity index (χ4v) is 7.86. The van der Waals surface area contributed by atoms with Crippen molar-refractivity contribution in [2.45, 2.75) is 77.7 Å². The lowest BCUT2D eigenvalue weighted by atomic mass is 9.45. The Morgan fingerprint density at radius 2 is 1.77 bits per heavy atom. The van der Waals surface area contributed by atoms with Crippen LogP contribution < -0.4 is 4.84 Å². The minimum absolute atomic E-state index is 0.0588. The predicted molar refractivity (Wildman–Crippen MR) is 119 cm³/mol. The number of benzene rings is 1. The van der Waals surface area contributed by atoms with E-state index in [0.717, 1.165) is 43.2 Å². The van der Waals surface area contributed by atoms with Crippen LogP contribution in [0.5, 0.6) is 5.75 Å². The van der Waals surface area contributed by atoms with Gasteiger partial charge in [-0.25, -0.2) is 0 Å². The molecule has 0 spiro atoms. The molecule has 4 fully saturated rings. The van der Waals surface area contributed by atoms with E-state index in [1.54, 1.807) is 12.1 Å². The van der Waals surface area contributed by atoms with Crippen molar-refractivity contribution in [3.05, 3.63) is 34.4 Å². The number of non-ortho nitro benzene ring substituents is 1. The molecule has 1 N–H and O–H groups in total. The third-order valence-corrected chi connectivity index (χ3v) is 9.78. The molecule has 0 unspecified atom stereocenters. The van der Waals surface area contributed by atoms with E-state index in [9.17, 15) is 15.2 Å². The molecule has 6 heteroatoms. The summed E-state index contributed by atoms with van der Waals surface area (Å²) in [6.45, 7) is 4.87. The molecule has 0 bridgehead atoms. The van der Waals surface area contributed by atoms with Gasteiger partial charge in [0.2, 0.25) is 0 Å². The molecule has 4 aliphatic carbocycles. The van der Waals surface area contributed by atoms with E-state index in [4.69, 9.17) is 4.84 Å². The molecule has 5 rings (SSSR count). The molecule has 4 aliphatic rings. The number of oxime groups is 1. The predicted octanol–water partition coefficient (Wildman–Crippen LogP) is 5.73. The summed E-state index contributed by atoms with van der Waals surface area (Å²) in [5, 5.41) is 25.9. The third-order valence-electron chi connectivity index (χ3n) is 9.78. The Hall–Kier alpha value is -1.95. The molecular weight excluding hydrogens is 392 g/mol. The van der Waals surface area contributed by atoms with Crippen molar-refractivity contribution in [1.82, 2.24) is 0 Å². The standard InChI is InChI=1S/C25H34N2O4/c1-24-13-11-17(26-31-19-6-4-18(5-7-19)27(29)30)15-16(24)3-8-20-21-9-10-23(28)25(21,2)14-12-22(20)24/h4-7,16,20-23,28H,3,8-15H2,1-2H3/b26-17+/t16-,20+,21+,22+,23+,24+,25+/m1/s1. The first-order valence-corrected chi connectivity index (χ1v) is 12.0. The molecule has 0 heterocycles. The second-order valence-electron chi connectivity index (χ2n) is 11.0. The number of nitro benzene ring substituents is 1. The molecule has 1 aromatic rings. The Labute approximate surface area is 184 Å². The number of aliphatic hydroxyl groups excluding tert-OH is 1. The summed E-state index contributed by atoms with van der Waals surface area (Å²) < 4.78 is 0. The van der Waals surface area contributed by atoms with Crippen molar-refractivity contribution in [2.24, 2.45) is 39.7 Å². The molecule has 0 aromatic heterocycles. The number of aliphatic hydroxyl groups is 1. The number of nitrogens with zero attached hydrogens (tertiary/aromatic N) is 2. The van der Waals surface area contributed by atoms with Crippen molar-refractivity contribution in [2.75, 3.05) is 0 Å². The topological polar surface area (TPSA) is 85.0 Å². The lowest BCUT2D eigenvalue weighted by Gasteiger charge is -2.60. The normalized spacial score (nSPS) is 43.1. The van der Waals surface area contributed by atoms with Crippen LogP contribution in [-0.4, -0.2) is 21.8 Å². The van der Waals surface area contributed by atoms with E-state index in [0.29, 0.717) is 23.0 Å². The zero-order valence-corrected chi connectivity index (χ0v) is 18.6. The van der Waals surface area contributed by atoms with Gasteiger partial charge in [0, 0.05) is 12.1 Å². The summed E-state index contributed by atoms with van der Waals surface area (Å²) in [5.41, 5.74) is 1.69. The minimum Gasteiger partial charge on any atom is -0.393 e. The van der Waals surface area contributed by atoms with E-state index in [2.05, 4.69) is 19.0 Å². The van der Waals surface area contributed by atoms with E-state index in [-0.39, 0.29) is 17.2 Å². The van der Waals surface area contributed by atoms with Crippen LogP contribution in [0.1, 0.15) is 71.6 Å². The van der Waals surface area contributed by atoms with E-state index in [1.165, 1.54) is 44.2 Å². The Kier molecular flexibility index (Phi) is 5.11. The maximum absolute atomic E-state index is 10.8. The first-order chi connectivity index (χ1) is 14.8. The SMILES string of the molecule is C[C@]12CC/C(=N\Oc3ccc([N+](=O)[O-])cc3)C[C@H]1CC[C@@H]1[C@@H]2CC[C@]2(C)[C@@H](O)CC[C@@H]12. The van der Waals surface area contributed by atoms with Gasteiger partial charge in [-0.05, 0) is 104 Å². The van der Waals surface area contributed by atoms with Crippen LogP contribution in [0.3, 0.4) is 0 Å². The summed E-state index contributed by atoms with van der Waals surface area (Å²) in [7, 11) is 0. The largest absolute Gasteiger partial charge is 0.393 e. The van der Waals surface area contributed by atoms with Crippen molar-refractivity contribution in [3.8, 4) is 5.75 Å². The molecule has 0 saturated heterocycles. The second kappa shape index (κ2) is 7.58. The molecule has 0 amide bonds. The molecule has 7 atom stereocenters. The fourth-order valence-electron chi connectivity index (χ4n) is 7.86. The number of hydrogen-bond donors (Lipinski definition) is 1. The smallest absolute Gasteiger partial charge is 0.269 e. The van der Waals surface area contributed by atoms with Gasteiger partial charge in [-0.2, -0.15) is 0 Å². The van der Waals surface area contributed by atoms with Crippen LogP contribution >= 0.6 is 0 Å². The highest BCUT2D eigenvalue weighted by molar-refractivity contribution is 5.85. The average Bonchev–Trinajstić information content (AvgIpc) is 3.07. The van der Waals surface area contributed by atoms with Gasteiger partial charge in [-0.3, -0.25) is 10.1 Å². The minimum atomic E-state index is -0.409. The molecule has 4 saturated carbocycles. The average molecular weight is 427 g/mol. The Morgan fingerprint density at radius 1 is 1.03 bits per heavy atom. The Bertz CT molecular complexity index is 884. The van der Waals surface area contributed by atoms with Gasteiger partial charge in [-0.1, -0.05) is 19.0 Å². The van der Waals surface area contributed by atoms with E-state index >= 15 is 0 Å². The van der Waals surface area contributed by atoms with Crippen LogP contribution in [0.4, 0.5) is 5.69 Å². The van der Waals surface area contributed by atoms with Gasteiger partial charge in [0.05, 0.1) is 16.7 Å². The zero-order chi connectivity index (χ0) is 21.8. The number of rotatable bonds is 3. The fraction of sp³-hybridized carbons (Fsp3) is 0.720. The second-order valence-corrected chi connectivity index (χ2v) is 11.0. The lowest BCUT2D eigenvalue weighted by molar-refractivity contribution is -0.384. The van der Waals surface area contributed by atoms with Crippen LogP contribution in [0, 0.1) is 44.6 Å². The first kappa shape index (κ1) is 20.9. The molecule has 168 valence electrons. The maximum Gasteiger partial charge on any atom is 0.269 e. The third kappa shape index (κ3) is 3.38. The number of nitro groups is 1. The van der Waals surface area contributed by atoms with Gasteiger partial charge in [0.15, 0.2) is 5.75 Å². The summed E-state index contributed by atoms with van der Waals surface area (Å²) in [6.07, 6.45) is 10.2. The highest BCUT2D eigenvalue weighted by atomic mass is 16.6. The summed E-state index contributed by atoms with van der Waals surface area (Å²) in [6, 6.07) is 6.11.